The van der Waals surface area contributed by atoms with Crippen LogP contribution >= 0.6 is 0 Å². The second kappa shape index (κ2) is 2.94. The van der Waals surface area contributed by atoms with Gasteiger partial charge < -0.3 is 14.8 Å². The molecule has 0 bridgehead atoms. The van der Waals surface area contributed by atoms with Gasteiger partial charge in [-0.15, -0.1) is 0 Å². The number of rotatable bonds is 0. The van der Waals surface area contributed by atoms with Gasteiger partial charge in [0.15, 0.2) is 0 Å². The van der Waals surface area contributed by atoms with E-state index < -0.39 is 0 Å². The Labute approximate surface area is 79.8 Å². The number of hydrogen-bond donors (Lipinski definition) is 1. The summed E-state index contributed by atoms with van der Waals surface area (Å²) >= 11 is 0. The molecule has 2 aliphatic rings. The molecule has 0 aromatic rings. The second-order valence-corrected chi connectivity index (χ2v) is 4.66. The van der Waals surface area contributed by atoms with Crippen molar-refractivity contribution in [1.82, 2.24) is 5.32 Å². The number of morpholine rings is 1. The third-order valence-corrected chi connectivity index (χ3v) is 3.34. The highest BCUT2D eigenvalue weighted by atomic mass is 16.6. The molecule has 1 spiro atoms. The van der Waals surface area contributed by atoms with Crippen molar-refractivity contribution in [2.24, 2.45) is 0 Å². The Balaban J connectivity index is 2.18. The van der Waals surface area contributed by atoms with Crippen LogP contribution in [-0.4, -0.2) is 37.0 Å². The van der Waals surface area contributed by atoms with Crippen LogP contribution in [0.1, 0.15) is 27.2 Å². The lowest BCUT2D eigenvalue weighted by Gasteiger charge is -2.45. The van der Waals surface area contributed by atoms with Crippen LogP contribution in [0.3, 0.4) is 0 Å². The maximum absolute atomic E-state index is 6.06. The lowest BCUT2D eigenvalue weighted by atomic mass is 9.84. The third kappa shape index (κ3) is 1.39. The van der Waals surface area contributed by atoms with E-state index in [9.17, 15) is 0 Å². The van der Waals surface area contributed by atoms with Gasteiger partial charge in [0.05, 0.1) is 18.3 Å². The van der Waals surface area contributed by atoms with E-state index in [1.807, 2.05) is 0 Å². The molecule has 2 fully saturated rings. The Morgan fingerprint density at radius 3 is 2.69 bits per heavy atom. The molecular weight excluding hydrogens is 166 g/mol. The molecule has 76 valence electrons. The fourth-order valence-electron chi connectivity index (χ4n) is 2.35. The Bertz CT molecular complexity index is 205. The fourth-order valence-corrected chi connectivity index (χ4v) is 2.35. The molecule has 2 rings (SSSR count). The Morgan fingerprint density at radius 1 is 1.38 bits per heavy atom. The van der Waals surface area contributed by atoms with Crippen LogP contribution in [0.2, 0.25) is 0 Å². The minimum Gasteiger partial charge on any atom is -0.372 e. The van der Waals surface area contributed by atoms with Crippen LogP contribution < -0.4 is 5.32 Å². The number of nitrogens with one attached hydrogen (secondary N) is 1. The first-order chi connectivity index (χ1) is 6.06. The van der Waals surface area contributed by atoms with Crippen LogP contribution in [0.5, 0.6) is 0 Å². The summed E-state index contributed by atoms with van der Waals surface area (Å²) in [5.41, 5.74) is -0.237. The average molecular weight is 185 g/mol. The predicted molar refractivity (Wildman–Crippen MR) is 50.8 cm³/mol. The minimum atomic E-state index is -0.144. The lowest BCUT2D eigenvalue weighted by Crippen LogP contribution is -2.61. The molecule has 2 heterocycles. The topological polar surface area (TPSA) is 30.5 Å². The molecule has 2 aliphatic heterocycles. The molecule has 0 aliphatic carbocycles. The summed E-state index contributed by atoms with van der Waals surface area (Å²) in [6, 6.07) is 0. The molecule has 0 amide bonds. The van der Waals surface area contributed by atoms with E-state index in [0.717, 1.165) is 26.1 Å². The fraction of sp³-hybridized carbons (Fsp3) is 1.00. The first kappa shape index (κ1) is 9.44. The lowest BCUT2D eigenvalue weighted by molar-refractivity contribution is -0.174. The monoisotopic (exact) mass is 185 g/mol. The predicted octanol–water partition coefficient (Wildman–Crippen LogP) is 0.932. The van der Waals surface area contributed by atoms with Crippen LogP contribution in [0.15, 0.2) is 0 Å². The van der Waals surface area contributed by atoms with Gasteiger partial charge in [0.1, 0.15) is 5.60 Å². The maximum Gasteiger partial charge on any atom is 0.111 e. The Kier molecular flexibility index (Phi) is 2.13. The zero-order valence-electron chi connectivity index (χ0n) is 8.72. The average Bonchev–Trinajstić information content (AvgIpc) is 2.27. The van der Waals surface area contributed by atoms with Crippen LogP contribution in [0, 0.1) is 0 Å². The molecular formula is C10H19NO2. The van der Waals surface area contributed by atoms with E-state index in [-0.39, 0.29) is 11.2 Å². The van der Waals surface area contributed by atoms with Gasteiger partial charge in [-0.1, -0.05) is 0 Å². The molecule has 3 nitrogen and oxygen atoms in total. The van der Waals surface area contributed by atoms with E-state index in [1.165, 1.54) is 0 Å². The van der Waals surface area contributed by atoms with Gasteiger partial charge in [-0.3, -0.25) is 0 Å². The van der Waals surface area contributed by atoms with Crippen LogP contribution in [0.25, 0.3) is 0 Å². The summed E-state index contributed by atoms with van der Waals surface area (Å²) < 4.78 is 11.8. The van der Waals surface area contributed by atoms with Crippen LogP contribution in [-0.2, 0) is 9.47 Å². The number of ether oxygens (including phenoxy) is 2. The van der Waals surface area contributed by atoms with Crippen LogP contribution in [0.4, 0.5) is 0 Å². The standard InChI is InChI=1S/C10H19NO2/c1-8-6-11-7-10(13-8)4-5-12-9(10,2)3/h8,11H,4-7H2,1-3H3. The summed E-state index contributed by atoms with van der Waals surface area (Å²) in [6.45, 7) is 9.06. The smallest absolute Gasteiger partial charge is 0.111 e. The Hall–Kier alpha value is -0.120. The van der Waals surface area contributed by atoms with Crippen molar-refractivity contribution in [3.05, 3.63) is 0 Å². The third-order valence-electron chi connectivity index (χ3n) is 3.34. The highest BCUT2D eigenvalue weighted by Crippen LogP contribution is 2.40. The molecule has 3 heteroatoms. The quantitative estimate of drug-likeness (QED) is 0.609. The highest BCUT2D eigenvalue weighted by molar-refractivity contribution is 5.04. The van der Waals surface area contributed by atoms with Crippen molar-refractivity contribution in [1.29, 1.82) is 0 Å². The van der Waals surface area contributed by atoms with Crippen molar-refractivity contribution in [2.45, 2.75) is 44.5 Å². The number of hydrogen-bond acceptors (Lipinski definition) is 3. The summed E-state index contributed by atoms with van der Waals surface area (Å²) in [6.07, 6.45) is 1.31. The summed E-state index contributed by atoms with van der Waals surface area (Å²) in [5.74, 6) is 0. The van der Waals surface area contributed by atoms with Gasteiger partial charge in [-0.05, 0) is 20.8 Å². The SMILES string of the molecule is CC1CNCC2(CCOC2(C)C)O1. The minimum absolute atomic E-state index is 0.0926. The molecule has 0 aromatic carbocycles. The van der Waals surface area contributed by atoms with Gasteiger partial charge in [-0.25, -0.2) is 0 Å². The van der Waals surface area contributed by atoms with Crippen molar-refractivity contribution >= 4 is 0 Å². The van der Waals surface area contributed by atoms with Gasteiger partial charge in [0.25, 0.3) is 0 Å². The molecule has 1 N–H and O–H groups in total. The first-order valence-corrected chi connectivity index (χ1v) is 5.08. The Morgan fingerprint density at radius 2 is 2.15 bits per heavy atom. The van der Waals surface area contributed by atoms with Crippen molar-refractivity contribution in [2.75, 3.05) is 19.7 Å². The zero-order chi connectivity index (χ0) is 9.53. The summed E-state index contributed by atoms with van der Waals surface area (Å²) in [4.78, 5) is 0. The van der Waals surface area contributed by atoms with E-state index in [4.69, 9.17) is 9.47 Å². The van der Waals surface area contributed by atoms with Crippen molar-refractivity contribution in [3.8, 4) is 0 Å². The second-order valence-electron chi connectivity index (χ2n) is 4.66. The largest absolute Gasteiger partial charge is 0.372 e. The van der Waals surface area contributed by atoms with Crippen molar-refractivity contribution in [3.63, 3.8) is 0 Å². The van der Waals surface area contributed by atoms with Gasteiger partial charge in [-0.2, -0.15) is 0 Å². The van der Waals surface area contributed by atoms with E-state index in [2.05, 4.69) is 26.1 Å². The molecule has 0 aromatic heterocycles. The molecule has 13 heavy (non-hydrogen) atoms. The van der Waals surface area contributed by atoms with E-state index in [1.54, 1.807) is 0 Å². The normalized spacial score (nSPS) is 44.1. The molecule has 0 saturated carbocycles. The zero-order valence-corrected chi connectivity index (χ0v) is 8.72. The molecule has 2 atom stereocenters. The van der Waals surface area contributed by atoms with E-state index >= 15 is 0 Å². The van der Waals surface area contributed by atoms with Gasteiger partial charge in [0.2, 0.25) is 0 Å². The molecule has 0 radical (unpaired) electrons. The summed E-state index contributed by atoms with van der Waals surface area (Å²) in [5, 5.41) is 3.42. The maximum atomic E-state index is 6.06. The summed E-state index contributed by atoms with van der Waals surface area (Å²) in [7, 11) is 0. The highest BCUT2D eigenvalue weighted by Gasteiger charge is 2.53. The molecule has 2 unspecified atom stereocenters. The molecule has 2 saturated heterocycles. The van der Waals surface area contributed by atoms with Gasteiger partial charge in [0, 0.05) is 19.5 Å². The first-order valence-electron chi connectivity index (χ1n) is 5.08. The van der Waals surface area contributed by atoms with Gasteiger partial charge >= 0.3 is 0 Å². The van der Waals surface area contributed by atoms with E-state index in [0.29, 0.717) is 6.10 Å². The van der Waals surface area contributed by atoms with Crippen molar-refractivity contribution < 1.29 is 9.47 Å².